The van der Waals surface area contributed by atoms with Gasteiger partial charge in [-0.1, -0.05) is 34.8 Å². The van der Waals surface area contributed by atoms with Crippen LogP contribution in [-0.2, 0) is 9.47 Å². The van der Waals surface area contributed by atoms with E-state index in [4.69, 9.17) is 49.7 Å². The van der Waals surface area contributed by atoms with E-state index in [1.54, 1.807) is 0 Å². The molecule has 1 saturated heterocycles. The first-order valence-corrected chi connectivity index (χ1v) is 3.56. The smallest absolute Gasteiger partial charge is 0.252 e. The number of hydrogen-bond acceptors (Lipinski definition) is 3. The lowest BCUT2D eigenvalue weighted by Crippen LogP contribution is -2.26. The molecule has 0 aromatic heterocycles. The third-order valence-corrected chi connectivity index (χ3v) is 1.42. The summed E-state index contributed by atoms with van der Waals surface area (Å²) < 4.78 is 7.87. The molecular formula is C4H4Cl3NO2. The number of rotatable bonds is 0. The van der Waals surface area contributed by atoms with Crippen LogP contribution < -0.4 is 0 Å². The van der Waals surface area contributed by atoms with Crippen molar-refractivity contribution in [3.8, 4) is 0 Å². The van der Waals surface area contributed by atoms with Crippen LogP contribution in [0.25, 0.3) is 0 Å². The van der Waals surface area contributed by atoms with Crippen molar-refractivity contribution in [3.63, 3.8) is 0 Å². The normalized spacial score (nSPS) is 26.7. The first-order chi connectivity index (χ1) is 4.50. The largest absolute Gasteiger partial charge is 0.445 e. The summed E-state index contributed by atoms with van der Waals surface area (Å²) in [7, 11) is 0. The first-order valence-electron chi connectivity index (χ1n) is 2.42. The molecule has 58 valence electrons. The zero-order valence-electron chi connectivity index (χ0n) is 4.73. The van der Waals surface area contributed by atoms with E-state index in [1.165, 1.54) is 0 Å². The Bertz CT molecular complexity index is 155. The minimum Gasteiger partial charge on any atom is -0.445 e. The fourth-order valence-corrected chi connectivity index (χ4v) is 0.833. The van der Waals surface area contributed by atoms with Crippen molar-refractivity contribution < 1.29 is 9.47 Å². The average molecular weight is 204 g/mol. The molecule has 1 rings (SSSR count). The molecule has 1 fully saturated rings. The summed E-state index contributed by atoms with van der Waals surface area (Å²) in [5.74, 6) is -0.0173. The summed E-state index contributed by atoms with van der Waals surface area (Å²) >= 11 is 16.2. The quantitative estimate of drug-likeness (QED) is 0.610. The lowest BCUT2D eigenvalue weighted by atomic mass is 10.7. The van der Waals surface area contributed by atoms with Gasteiger partial charge in [0, 0.05) is 0 Å². The van der Waals surface area contributed by atoms with Gasteiger partial charge in [0.15, 0.2) is 0 Å². The van der Waals surface area contributed by atoms with Gasteiger partial charge in [-0.3, -0.25) is 5.41 Å². The molecule has 3 nitrogen and oxygen atoms in total. The summed E-state index contributed by atoms with van der Waals surface area (Å²) in [4.78, 5) is 0. The topological polar surface area (TPSA) is 42.3 Å². The molecule has 0 bridgehead atoms. The third-order valence-electron chi connectivity index (χ3n) is 0.882. The Morgan fingerprint density at radius 1 is 1.50 bits per heavy atom. The van der Waals surface area contributed by atoms with Crippen LogP contribution in [0.3, 0.4) is 0 Å². The van der Waals surface area contributed by atoms with Crippen LogP contribution in [0, 0.1) is 5.41 Å². The van der Waals surface area contributed by atoms with Crippen LogP contribution in [0.5, 0.6) is 0 Å². The van der Waals surface area contributed by atoms with Crippen LogP contribution in [0.15, 0.2) is 0 Å². The maximum absolute atomic E-state index is 6.94. The zero-order valence-corrected chi connectivity index (χ0v) is 7.00. The summed E-state index contributed by atoms with van der Waals surface area (Å²) in [6, 6.07) is 0. The van der Waals surface area contributed by atoms with E-state index in [9.17, 15) is 0 Å². The molecule has 1 N–H and O–H groups in total. The fourth-order valence-electron chi connectivity index (χ4n) is 0.510. The second-order valence-corrected chi connectivity index (χ2v) is 4.09. The Balaban J connectivity index is 2.53. The molecule has 0 spiro atoms. The number of alkyl halides is 3. The Hall–Kier alpha value is 0.300. The number of ether oxygens (including phenoxy) is 2. The molecule has 10 heavy (non-hydrogen) atoms. The SMILES string of the molecule is N=C1COC(C(Cl)(Cl)Cl)O1. The number of halogens is 3. The highest BCUT2D eigenvalue weighted by molar-refractivity contribution is 6.68. The fraction of sp³-hybridized carbons (Fsp3) is 0.750. The summed E-state index contributed by atoms with van der Waals surface area (Å²) in [6.07, 6.45) is -0.940. The van der Waals surface area contributed by atoms with Gasteiger partial charge in [-0.25, -0.2) is 0 Å². The van der Waals surface area contributed by atoms with Gasteiger partial charge in [0.05, 0.1) is 0 Å². The zero-order chi connectivity index (χ0) is 7.78. The molecule has 1 atom stereocenters. The van der Waals surface area contributed by atoms with Crippen molar-refractivity contribution in [2.45, 2.75) is 10.1 Å². The van der Waals surface area contributed by atoms with Gasteiger partial charge in [-0.15, -0.1) is 0 Å². The minimum absolute atomic E-state index is 0.0173. The van der Waals surface area contributed by atoms with Gasteiger partial charge in [0.1, 0.15) is 6.61 Å². The van der Waals surface area contributed by atoms with E-state index in [0.29, 0.717) is 0 Å². The summed E-state index contributed by atoms with van der Waals surface area (Å²) in [5.41, 5.74) is 0. The van der Waals surface area contributed by atoms with E-state index >= 15 is 0 Å². The standard InChI is InChI=1S/C4H4Cl3NO2/c5-4(6,7)3-9-1-2(8)10-3/h3,8H,1H2. The third kappa shape index (κ3) is 1.89. The Morgan fingerprint density at radius 3 is 2.30 bits per heavy atom. The monoisotopic (exact) mass is 203 g/mol. The average Bonchev–Trinajstić information content (AvgIpc) is 2.11. The lowest BCUT2D eigenvalue weighted by molar-refractivity contribution is -0.0184. The first kappa shape index (κ1) is 8.40. The highest BCUT2D eigenvalue weighted by Gasteiger charge is 2.40. The van der Waals surface area contributed by atoms with Crippen molar-refractivity contribution in [2.75, 3.05) is 6.61 Å². The molecule has 0 aromatic rings. The van der Waals surface area contributed by atoms with Gasteiger partial charge in [-0.05, 0) is 0 Å². The molecule has 0 amide bonds. The molecule has 1 unspecified atom stereocenters. The van der Waals surface area contributed by atoms with E-state index < -0.39 is 10.1 Å². The minimum atomic E-state index is -1.61. The lowest BCUT2D eigenvalue weighted by Gasteiger charge is -2.16. The van der Waals surface area contributed by atoms with Gasteiger partial charge in [0.2, 0.25) is 12.2 Å². The van der Waals surface area contributed by atoms with E-state index in [0.717, 1.165) is 0 Å². The van der Waals surface area contributed by atoms with Crippen molar-refractivity contribution in [1.82, 2.24) is 0 Å². The molecule has 1 heterocycles. The Morgan fingerprint density at radius 2 is 2.10 bits per heavy atom. The maximum Gasteiger partial charge on any atom is 0.252 e. The predicted molar refractivity (Wildman–Crippen MR) is 38.8 cm³/mol. The highest BCUT2D eigenvalue weighted by atomic mass is 35.6. The van der Waals surface area contributed by atoms with Crippen molar-refractivity contribution in [2.24, 2.45) is 0 Å². The van der Waals surface area contributed by atoms with Gasteiger partial charge in [0.25, 0.3) is 3.79 Å². The molecule has 1 aliphatic rings. The second kappa shape index (κ2) is 2.74. The second-order valence-electron chi connectivity index (χ2n) is 1.73. The highest BCUT2D eigenvalue weighted by Crippen LogP contribution is 2.34. The van der Waals surface area contributed by atoms with Crippen LogP contribution in [0.1, 0.15) is 0 Å². The Kier molecular flexibility index (Phi) is 2.30. The molecule has 0 aromatic carbocycles. The molecular weight excluding hydrogens is 200 g/mol. The van der Waals surface area contributed by atoms with E-state index in [1.807, 2.05) is 0 Å². The van der Waals surface area contributed by atoms with E-state index in [-0.39, 0.29) is 12.5 Å². The van der Waals surface area contributed by atoms with Gasteiger partial charge in [-0.2, -0.15) is 0 Å². The molecule has 0 aliphatic carbocycles. The molecule has 0 saturated carbocycles. The van der Waals surface area contributed by atoms with Crippen molar-refractivity contribution >= 4 is 40.7 Å². The van der Waals surface area contributed by atoms with E-state index in [2.05, 4.69) is 0 Å². The molecule has 0 radical (unpaired) electrons. The van der Waals surface area contributed by atoms with Gasteiger partial charge >= 0.3 is 0 Å². The number of hydrogen-bond donors (Lipinski definition) is 1. The predicted octanol–water partition coefficient (Wildman–Crippen LogP) is 1.71. The maximum atomic E-state index is 6.94. The summed E-state index contributed by atoms with van der Waals surface area (Å²) in [6.45, 7) is 0.0680. The van der Waals surface area contributed by atoms with Gasteiger partial charge < -0.3 is 9.47 Å². The van der Waals surface area contributed by atoms with Crippen LogP contribution in [0.2, 0.25) is 0 Å². The summed E-state index contributed by atoms with van der Waals surface area (Å²) in [5, 5.41) is 6.94. The molecule has 6 heteroatoms. The van der Waals surface area contributed by atoms with Crippen molar-refractivity contribution in [3.05, 3.63) is 0 Å². The molecule has 1 aliphatic heterocycles. The van der Waals surface area contributed by atoms with Crippen LogP contribution >= 0.6 is 34.8 Å². The Labute approximate surface area is 72.7 Å². The van der Waals surface area contributed by atoms with Crippen LogP contribution in [-0.4, -0.2) is 22.6 Å². The van der Waals surface area contributed by atoms with Crippen LogP contribution in [0.4, 0.5) is 0 Å². The number of nitrogens with one attached hydrogen (secondary N) is 1. The van der Waals surface area contributed by atoms with Crippen molar-refractivity contribution in [1.29, 1.82) is 5.41 Å².